The Kier molecular flexibility index (Phi) is 3.48. The molecule has 0 amide bonds. The second kappa shape index (κ2) is 4.88. The molecule has 0 saturated carbocycles. The molecule has 0 spiro atoms. The van der Waals surface area contributed by atoms with Crippen LogP contribution in [0.25, 0.3) is 0 Å². The quantitative estimate of drug-likeness (QED) is 0.880. The highest BCUT2D eigenvalue weighted by Crippen LogP contribution is 2.29. The Balaban J connectivity index is 2.40. The van der Waals surface area contributed by atoms with E-state index in [2.05, 4.69) is 59.1 Å². The van der Waals surface area contributed by atoms with Crippen molar-refractivity contribution in [3.8, 4) is 0 Å². The summed E-state index contributed by atoms with van der Waals surface area (Å²) in [6.45, 7) is 6.36. The Morgan fingerprint density at radius 1 is 1.12 bits per heavy atom. The van der Waals surface area contributed by atoms with Gasteiger partial charge in [-0.25, -0.2) is 0 Å². The van der Waals surface area contributed by atoms with Gasteiger partial charge in [0.2, 0.25) is 0 Å². The number of benzene rings is 1. The molecule has 1 aromatic carbocycles. The van der Waals surface area contributed by atoms with E-state index in [1.807, 2.05) is 6.07 Å². The fraction of sp³-hybridized carbons (Fsp3) is 0.214. The van der Waals surface area contributed by atoms with Gasteiger partial charge in [-0.2, -0.15) is 0 Å². The molecule has 0 aliphatic carbocycles. The van der Waals surface area contributed by atoms with Crippen LogP contribution in [0.15, 0.2) is 35.1 Å². The molecule has 0 bridgehead atoms. The second-order valence-corrected chi connectivity index (χ2v) is 5.11. The van der Waals surface area contributed by atoms with Crippen LogP contribution in [0, 0.1) is 20.8 Å². The van der Waals surface area contributed by atoms with E-state index < -0.39 is 0 Å². The smallest absolute Gasteiger partial charge is 0.0593 e. The number of anilines is 2. The number of nitrogens with zero attached hydrogens (tertiary/aromatic N) is 1. The van der Waals surface area contributed by atoms with Crippen LogP contribution in [0.4, 0.5) is 11.4 Å². The molecule has 1 N–H and O–H groups in total. The maximum Gasteiger partial charge on any atom is 0.0593 e. The third kappa shape index (κ3) is 2.67. The first-order chi connectivity index (χ1) is 8.08. The predicted molar refractivity (Wildman–Crippen MR) is 75.9 cm³/mol. The first-order valence-corrected chi connectivity index (χ1v) is 6.31. The Hall–Kier alpha value is -1.35. The first kappa shape index (κ1) is 12.1. The molecule has 2 nitrogen and oxygen atoms in total. The van der Waals surface area contributed by atoms with E-state index in [-0.39, 0.29) is 0 Å². The van der Waals surface area contributed by atoms with Gasteiger partial charge >= 0.3 is 0 Å². The fourth-order valence-corrected chi connectivity index (χ4v) is 2.34. The van der Waals surface area contributed by atoms with Crippen LogP contribution in [0.3, 0.4) is 0 Å². The van der Waals surface area contributed by atoms with Crippen molar-refractivity contribution in [1.29, 1.82) is 0 Å². The monoisotopic (exact) mass is 290 g/mol. The normalized spacial score (nSPS) is 10.4. The van der Waals surface area contributed by atoms with Gasteiger partial charge in [0.25, 0.3) is 0 Å². The van der Waals surface area contributed by atoms with Crippen molar-refractivity contribution in [2.75, 3.05) is 5.32 Å². The van der Waals surface area contributed by atoms with Crippen LogP contribution in [-0.4, -0.2) is 4.98 Å². The maximum atomic E-state index is 4.06. The van der Waals surface area contributed by atoms with Crippen LogP contribution >= 0.6 is 15.9 Å². The summed E-state index contributed by atoms with van der Waals surface area (Å²) in [5.74, 6) is 0. The van der Waals surface area contributed by atoms with Crippen molar-refractivity contribution >= 4 is 27.3 Å². The van der Waals surface area contributed by atoms with Crippen molar-refractivity contribution in [2.45, 2.75) is 20.8 Å². The molecule has 1 heterocycles. The zero-order chi connectivity index (χ0) is 12.4. The number of halogens is 1. The zero-order valence-electron chi connectivity index (χ0n) is 10.2. The largest absolute Gasteiger partial charge is 0.354 e. The standard InChI is InChI=1S/C14H15BrN2/c1-9-6-10(2)14(11(3)7-9)17-13-4-5-16-8-12(13)15/h4-8H,1-3H3,(H,16,17). The summed E-state index contributed by atoms with van der Waals surface area (Å²) in [4.78, 5) is 4.06. The fourth-order valence-electron chi connectivity index (χ4n) is 1.99. The van der Waals surface area contributed by atoms with E-state index in [4.69, 9.17) is 0 Å². The number of rotatable bonds is 2. The minimum atomic E-state index is 0.972. The summed E-state index contributed by atoms with van der Waals surface area (Å²) in [6, 6.07) is 6.33. The van der Waals surface area contributed by atoms with Gasteiger partial charge in [0.15, 0.2) is 0 Å². The van der Waals surface area contributed by atoms with Gasteiger partial charge in [0.05, 0.1) is 10.2 Å². The van der Waals surface area contributed by atoms with E-state index in [1.165, 1.54) is 22.4 Å². The maximum absolute atomic E-state index is 4.06. The SMILES string of the molecule is Cc1cc(C)c(Nc2ccncc2Br)c(C)c1. The molecule has 2 aromatic rings. The highest BCUT2D eigenvalue weighted by Gasteiger charge is 2.06. The van der Waals surface area contributed by atoms with Crippen LogP contribution < -0.4 is 5.32 Å². The van der Waals surface area contributed by atoms with Crippen LogP contribution in [0.2, 0.25) is 0 Å². The van der Waals surface area contributed by atoms with Gasteiger partial charge in [-0.15, -0.1) is 0 Å². The summed E-state index contributed by atoms with van der Waals surface area (Å²) >= 11 is 3.49. The molecule has 0 aliphatic heterocycles. The average molecular weight is 291 g/mol. The summed E-state index contributed by atoms with van der Waals surface area (Å²) in [6.07, 6.45) is 3.58. The van der Waals surface area contributed by atoms with Gasteiger partial charge in [-0.1, -0.05) is 17.7 Å². The van der Waals surface area contributed by atoms with Crippen LogP contribution in [0.5, 0.6) is 0 Å². The Labute approximate surface area is 110 Å². The molecule has 2 rings (SSSR count). The molecular formula is C14H15BrN2. The number of hydrogen-bond acceptors (Lipinski definition) is 2. The molecular weight excluding hydrogens is 276 g/mol. The van der Waals surface area contributed by atoms with Crippen molar-refractivity contribution in [3.63, 3.8) is 0 Å². The minimum Gasteiger partial charge on any atom is -0.354 e. The summed E-state index contributed by atoms with van der Waals surface area (Å²) in [5.41, 5.74) is 6.01. The number of hydrogen-bond donors (Lipinski definition) is 1. The third-order valence-corrected chi connectivity index (χ3v) is 3.34. The molecule has 0 radical (unpaired) electrons. The van der Waals surface area contributed by atoms with Crippen molar-refractivity contribution in [2.24, 2.45) is 0 Å². The van der Waals surface area contributed by atoms with Crippen molar-refractivity contribution in [1.82, 2.24) is 4.98 Å². The molecule has 0 saturated heterocycles. The molecule has 0 unspecified atom stereocenters. The third-order valence-electron chi connectivity index (χ3n) is 2.71. The summed E-state index contributed by atoms with van der Waals surface area (Å²) in [5, 5.41) is 3.45. The van der Waals surface area contributed by atoms with Gasteiger partial charge in [-0.05, 0) is 53.9 Å². The van der Waals surface area contributed by atoms with Gasteiger partial charge < -0.3 is 5.32 Å². The highest BCUT2D eigenvalue weighted by atomic mass is 79.9. The van der Waals surface area contributed by atoms with Gasteiger partial charge in [-0.3, -0.25) is 4.98 Å². The number of aromatic nitrogens is 1. The zero-order valence-corrected chi connectivity index (χ0v) is 11.8. The molecule has 3 heteroatoms. The van der Waals surface area contributed by atoms with Gasteiger partial charge in [0.1, 0.15) is 0 Å². The Bertz CT molecular complexity index is 527. The Morgan fingerprint density at radius 3 is 2.35 bits per heavy atom. The van der Waals surface area contributed by atoms with Crippen molar-refractivity contribution in [3.05, 3.63) is 51.8 Å². The average Bonchev–Trinajstić information content (AvgIpc) is 2.25. The molecule has 0 aliphatic rings. The van der Waals surface area contributed by atoms with Crippen LogP contribution in [0.1, 0.15) is 16.7 Å². The lowest BCUT2D eigenvalue weighted by atomic mass is 10.0. The van der Waals surface area contributed by atoms with E-state index in [9.17, 15) is 0 Å². The van der Waals surface area contributed by atoms with Crippen molar-refractivity contribution < 1.29 is 0 Å². The van der Waals surface area contributed by atoms with Gasteiger partial charge in [0, 0.05) is 18.1 Å². The number of aryl methyl sites for hydroxylation is 3. The molecule has 0 atom stereocenters. The van der Waals surface area contributed by atoms with E-state index in [0.29, 0.717) is 0 Å². The lowest BCUT2D eigenvalue weighted by Crippen LogP contribution is -1.97. The predicted octanol–water partition coefficient (Wildman–Crippen LogP) is 4.51. The van der Waals surface area contributed by atoms with Crippen LogP contribution in [-0.2, 0) is 0 Å². The second-order valence-electron chi connectivity index (χ2n) is 4.25. The molecule has 17 heavy (non-hydrogen) atoms. The topological polar surface area (TPSA) is 24.9 Å². The molecule has 0 fully saturated rings. The summed E-state index contributed by atoms with van der Waals surface area (Å²) in [7, 11) is 0. The van der Waals surface area contributed by atoms with E-state index in [1.54, 1.807) is 12.4 Å². The highest BCUT2D eigenvalue weighted by molar-refractivity contribution is 9.10. The summed E-state index contributed by atoms with van der Waals surface area (Å²) < 4.78 is 0.972. The minimum absolute atomic E-state index is 0.972. The molecule has 1 aromatic heterocycles. The van der Waals surface area contributed by atoms with E-state index >= 15 is 0 Å². The number of pyridine rings is 1. The van der Waals surface area contributed by atoms with E-state index in [0.717, 1.165) is 10.2 Å². The molecule has 88 valence electrons. The first-order valence-electron chi connectivity index (χ1n) is 5.52. The number of nitrogens with one attached hydrogen (secondary N) is 1. The Morgan fingerprint density at radius 2 is 1.76 bits per heavy atom. The lowest BCUT2D eigenvalue weighted by Gasteiger charge is -2.14. The lowest BCUT2D eigenvalue weighted by molar-refractivity contribution is 1.28.